The summed E-state index contributed by atoms with van der Waals surface area (Å²) >= 11 is 0. The largest absolute Gasteiger partial charge is 0.466 e. The molecule has 1 fully saturated rings. The molecule has 1 aliphatic rings. The summed E-state index contributed by atoms with van der Waals surface area (Å²) in [5.74, 6) is -2.14. The van der Waals surface area contributed by atoms with Crippen LogP contribution in [0.1, 0.15) is 45.2 Å². The second-order valence-corrected chi connectivity index (χ2v) is 6.66. The second-order valence-electron chi connectivity index (χ2n) is 6.66. The molecule has 0 radical (unpaired) electrons. The van der Waals surface area contributed by atoms with Crippen molar-refractivity contribution in [3.8, 4) is 0 Å². The number of rotatable bonds is 7. The van der Waals surface area contributed by atoms with Crippen LogP contribution in [0.15, 0.2) is 30.3 Å². The smallest absolute Gasteiger partial charge is 0.309 e. The van der Waals surface area contributed by atoms with Gasteiger partial charge in [0, 0.05) is 12.1 Å². The van der Waals surface area contributed by atoms with Gasteiger partial charge in [0.1, 0.15) is 0 Å². The van der Waals surface area contributed by atoms with Gasteiger partial charge in [0.15, 0.2) is 0 Å². The van der Waals surface area contributed by atoms with E-state index < -0.39 is 29.9 Å². The lowest BCUT2D eigenvalue weighted by molar-refractivity contribution is -0.165. The Hall–Kier alpha value is -1.92. The number of ether oxygens (including phenoxy) is 2. The number of esters is 2. The zero-order valence-electron chi connectivity index (χ0n) is 15.7. The van der Waals surface area contributed by atoms with Crippen LogP contribution in [0.2, 0.25) is 0 Å². The first kappa shape index (κ1) is 20.4. The van der Waals surface area contributed by atoms with Crippen molar-refractivity contribution < 1.29 is 24.2 Å². The quantitative estimate of drug-likeness (QED) is 0.723. The van der Waals surface area contributed by atoms with Crippen molar-refractivity contribution in [2.75, 3.05) is 13.2 Å². The van der Waals surface area contributed by atoms with E-state index in [4.69, 9.17) is 9.47 Å². The van der Waals surface area contributed by atoms with Crippen molar-refractivity contribution in [1.29, 1.82) is 0 Å². The minimum Gasteiger partial charge on any atom is -0.466 e. The summed E-state index contributed by atoms with van der Waals surface area (Å²) < 4.78 is 10.3. The van der Waals surface area contributed by atoms with Crippen LogP contribution in [0.3, 0.4) is 0 Å². The molecule has 0 aliphatic heterocycles. The van der Waals surface area contributed by atoms with E-state index in [2.05, 4.69) is 5.32 Å². The van der Waals surface area contributed by atoms with E-state index in [1.807, 2.05) is 37.3 Å². The average molecular weight is 363 g/mol. The number of benzene rings is 1. The van der Waals surface area contributed by atoms with Crippen LogP contribution in [-0.4, -0.2) is 42.4 Å². The molecule has 1 aromatic carbocycles. The van der Waals surface area contributed by atoms with Crippen LogP contribution in [0.4, 0.5) is 0 Å². The van der Waals surface area contributed by atoms with Crippen molar-refractivity contribution in [1.82, 2.24) is 5.32 Å². The number of nitrogens with one attached hydrogen (secondary N) is 1. The van der Waals surface area contributed by atoms with E-state index in [1.54, 1.807) is 13.8 Å². The summed E-state index contributed by atoms with van der Waals surface area (Å²) in [6.07, 6.45) is -0.219. The van der Waals surface area contributed by atoms with Gasteiger partial charge in [-0.05, 0) is 39.2 Å². The van der Waals surface area contributed by atoms with Gasteiger partial charge in [-0.25, -0.2) is 0 Å². The maximum atomic E-state index is 12.4. The van der Waals surface area contributed by atoms with Gasteiger partial charge < -0.3 is 19.9 Å². The summed E-state index contributed by atoms with van der Waals surface area (Å²) in [5, 5.41) is 14.0. The van der Waals surface area contributed by atoms with Gasteiger partial charge in [0.05, 0.1) is 31.2 Å². The maximum absolute atomic E-state index is 12.4. The first-order chi connectivity index (χ1) is 12.5. The molecule has 6 nitrogen and oxygen atoms in total. The highest BCUT2D eigenvalue weighted by Gasteiger charge is 2.45. The van der Waals surface area contributed by atoms with Crippen LogP contribution in [0.5, 0.6) is 0 Å². The maximum Gasteiger partial charge on any atom is 0.309 e. The van der Waals surface area contributed by atoms with E-state index in [1.165, 1.54) is 0 Å². The zero-order chi connectivity index (χ0) is 19.1. The van der Waals surface area contributed by atoms with Crippen LogP contribution in [-0.2, 0) is 19.1 Å². The Morgan fingerprint density at radius 3 is 2.15 bits per heavy atom. The monoisotopic (exact) mass is 363 g/mol. The molecule has 1 aromatic rings. The molecule has 4 unspecified atom stereocenters. The normalized spacial score (nSPS) is 26.8. The number of aliphatic hydroxyl groups is 1. The van der Waals surface area contributed by atoms with E-state index >= 15 is 0 Å². The predicted molar refractivity (Wildman–Crippen MR) is 97.3 cm³/mol. The van der Waals surface area contributed by atoms with Gasteiger partial charge in [0.25, 0.3) is 0 Å². The number of carbonyl (C=O) groups excluding carboxylic acids is 2. The van der Waals surface area contributed by atoms with Gasteiger partial charge in [0.2, 0.25) is 0 Å². The third-order valence-electron chi connectivity index (χ3n) is 4.90. The molecule has 0 bridgehead atoms. The third kappa shape index (κ3) is 5.05. The van der Waals surface area contributed by atoms with Crippen molar-refractivity contribution >= 4 is 11.9 Å². The van der Waals surface area contributed by atoms with Crippen LogP contribution >= 0.6 is 0 Å². The van der Waals surface area contributed by atoms with E-state index in [9.17, 15) is 14.7 Å². The van der Waals surface area contributed by atoms with E-state index in [-0.39, 0.29) is 31.7 Å². The van der Waals surface area contributed by atoms with Crippen molar-refractivity contribution in [2.45, 2.75) is 51.8 Å². The minimum atomic E-state index is -0.735. The molecule has 0 aromatic heterocycles. The molecular weight excluding hydrogens is 334 g/mol. The molecule has 6 heteroatoms. The summed E-state index contributed by atoms with van der Waals surface area (Å²) in [4.78, 5) is 24.6. The predicted octanol–water partition coefficient (Wildman–Crippen LogP) is 2.22. The van der Waals surface area contributed by atoms with Crippen molar-refractivity contribution in [3.05, 3.63) is 35.9 Å². The Morgan fingerprint density at radius 1 is 1.08 bits per heavy atom. The Morgan fingerprint density at radius 2 is 1.62 bits per heavy atom. The Kier molecular flexibility index (Phi) is 7.60. The Balaban J connectivity index is 2.12. The number of aliphatic hydroxyl groups excluding tert-OH is 1. The molecule has 2 rings (SSSR count). The standard InChI is InChI=1S/C20H29NO5/c1-4-25-19(23)15-11-17(18(22)12-16(15)20(24)26-5-2)21-13(3)14-9-7-6-8-10-14/h6-10,13,15-18,21-22H,4-5,11-12H2,1-3H3/t13-,15?,16?,17?,18?/m1/s1. The molecule has 5 atom stereocenters. The molecular formula is C20H29NO5. The first-order valence-corrected chi connectivity index (χ1v) is 9.30. The molecule has 0 saturated heterocycles. The number of hydrogen-bond donors (Lipinski definition) is 2. The molecule has 0 heterocycles. The summed E-state index contributed by atoms with van der Waals surface area (Å²) in [5.41, 5.74) is 1.10. The Bertz CT molecular complexity index is 591. The van der Waals surface area contributed by atoms with Crippen LogP contribution in [0, 0.1) is 11.8 Å². The molecule has 2 N–H and O–H groups in total. The molecule has 0 amide bonds. The minimum absolute atomic E-state index is 0.0119. The Labute approximate surface area is 154 Å². The van der Waals surface area contributed by atoms with Gasteiger partial charge >= 0.3 is 11.9 Å². The molecule has 1 aliphatic carbocycles. The molecule has 26 heavy (non-hydrogen) atoms. The highest BCUT2D eigenvalue weighted by atomic mass is 16.5. The lowest BCUT2D eigenvalue weighted by Crippen LogP contribution is -2.52. The number of hydrogen-bond acceptors (Lipinski definition) is 6. The van der Waals surface area contributed by atoms with Gasteiger partial charge in [-0.3, -0.25) is 9.59 Å². The van der Waals surface area contributed by atoms with Gasteiger partial charge in [-0.15, -0.1) is 0 Å². The molecule has 144 valence electrons. The van der Waals surface area contributed by atoms with Crippen LogP contribution in [0.25, 0.3) is 0 Å². The fourth-order valence-electron chi connectivity index (χ4n) is 3.54. The highest BCUT2D eigenvalue weighted by Crippen LogP contribution is 2.34. The zero-order valence-corrected chi connectivity index (χ0v) is 15.7. The van der Waals surface area contributed by atoms with Gasteiger partial charge in [-0.2, -0.15) is 0 Å². The highest BCUT2D eigenvalue weighted by molar-refractivity contribution is 5.82. The van der Waals surface area contributed by atoms with Crippen molar-refractivity contribution in [3.63, 3.8) is 0 Å². The summed E-state index contributed by atoms with van der Waals surface area (Å²) in [6, 6.07) is 9.61. The lowest BCUT2D eigenvalue weighted by Gasteiger charge is -2.38. The summed E-state index contributed by atoms with van der Waals surface area (Å²) in [6.45, 7) is 5.98. The average Bonchev–Trinajstić information content (AvgIpc) is 2.64. The second kappa shape index (κ2) is 9.69. The first-order valence-electron chi connectivity index (χ1n) is 9.30. The van der Waals surface area contributed by atoms with Crippen LogP contribution < -0.4 is 5.32 Å². The topological polar surface area (TPSA) is 84.9 Å². The van der Waals surface area contributed by atoms with E-state index in [0.29, 0.717) is 6.42 Å². The molecule has 1 saturated carbocycles. The van der Waals surface area contributed by atoms with Gasteiger partial charge in [-0.1, -0.05) is 30.3 Å². The summed E-state index contributed by atoms with van der Waals surface area (Å²) in [7, 11) is 0. The molecule has 0 spiro atoms. The SMILES string of the molecule is CCOC(=O)C1CC(O)C(N[C@H](C)c2ccccc2)CC1C(=O)OCC. The number of carbonyl (C=O) groups is 2. The lowest BCUT2D eigenvalue weighted by atomic mass is 9.75. The third-order valence-corrected chi connectivity index (χ3v) is 4.90. The fraction of sp³-hybridized carbons (Fsp3) is 0.600. The fourth-order valence-corrected chi connectivity index (χ4v) is 3.54. The van der Waals surface area contributed by atoms with E-state index in [0.717, 1.165) is 5.56 Å². The van der Waals surface area contributed by atoms with Crippen molar-refractivity contribution in [2.24, 2.45) is 11.8 Å².